The van der Waals surface area contributed by atoms with E-state index in [0.717, 1.165) is 24.1 Å². The molecule has 0 amide bonds. The summed E-state index contributed by atoms with van der Waals surface area (Å²) in [6.45, 7) is 7.99. The predicted octanol–water partition coefficient (Wildman–Crippen LogP) is 2.10. The van der Waals surface area contributed by atoms with Crippen LogP contribution in [0.2, 0.25) is 0 Å². The van der Waals surface area contributed by atoms with Crippen LogP contribution in [0.4, 0.5) is 0 Å². The lowest BCUT2D eigenvalue weighted by molar-refractivity contribution is -0.0571. The second kappa shape index (κ2) is 3.39. The van der Waals surface area contributed by atoms with Crippen LogP contribution in [0, 0.1) is 0 Å². The molecular formula is C9H13NO. The van der Waals surface area contributed by atoms with Gasteiger partial charge in [-0.3, -0.25) is 10.3 Å². The van der Waals surface area contributed by atoms with Crippen LogP contribution in [-0.4, -0.2) is 16.8 Å². The van der Waals surface area contributed by atoms with Crippen LogP contribution in [0.3, 0.4) is 0 Å². The topological polar surface area (TPSA) is 23.5 Å². The largest absolute Gasteiger partial charge is 0.288 e. The Labute approximate surface area is 67.1 Å². The van der Waals surface area contributed by atoms with Gasteiger partial charge in [0.2, 0.25) is 0 Å². The summed E-state index contributed by atoms with van der Waals surface area (Å²) in [5.41, 5.74) is 1.88. The molecule has 0 aromatic heterocycles. The van der Waals surface area contributed by atoms with E-state index in [9.17, 15) is 5.21 Å². The Bertz CT molecular complexity index is 206. The molecule has 0 aliphatic carbocycles. The highest BCUT2D eigenvalue weighted by Gasteiger charge is 2.13. The van der Waals surface area contributed by atoms with Crippen molar-refractivity contribution in [3.8, 4) is 0 Å². The maximum absolute atomic E-state index is 9.33. The molecule has 1 heterocycles. The van der Waals surface area contributed by atoms with Gasteiger partial charge in [0, 0.05) is 6.54 Å². The molecule has 0 aromatic rings. The molecule has 1 aliphatic rings. The molecule has 0 unspecified atom stereocenters. The van der Waals surface area contributed by atoms with Gasteiger partial charge in [0.1, 0.15) is 0 Å². The summed E-state index contributed by atoms with van der Waals surface area (Å²) >= 11 is 0. The normalized spacial score (nSPS) is 18.5. The number of hydroxylamine groups is 2. The third-order valence-electron chi connectivity index (χ3n) is 1.86. The number of allylic oxidation sites excluding steroid dienone is 3. The highest BCUT2D eigenvalue weighted by atomic mass is 16.5. The fraction of sp³-hybridized carbons (Fsp3) is 0.333. The van der Waals surface area contributed by atoms with E-state index in [1.165, 1.54) is 5.06 Å². The monoisotopic (exact) mass is 151 g/mol. The highest BCUT2D eigenvalue weighted by Crippen LogP contribution is 2.21. The minimum absolute atomic E-state index is 0.693. The Hall–Kier alpha value is -1.02. The predicted molar refractivity (Wildman–Crippen MR) is 45.1 cm³/mol. The van der Waals surface area contributed by atoms with Crippen molar-refractivity contribution in [3.63, 3.8) is 0 Å². The van der Waals surface area contributed by atoms with Crippen molar-refractivity contribution in [1.82, 2.24) is 5.06 Å². The molecule has 11 heavy (non-hydrogen) atoms. The molecule has 0 atom stereocenters. The zero-order chi connectivity index (χ0) is 8.27. The Balaban J connectivity index is 2.94. The molecule has 0 aromatic carbocycles. The Morgan fingerprint density at radius 2 is 2.09 bits per heavy atom. The van der Waals surface area contributed by atoms with Crippen LogP contribution in [0.5, 0.6) is 0 Å². The first-order valence-corrected chi connectivity index (χ1v) is 3.74. The van der Waals surface area contributed by atoms with Crippen LogP contribution in [0.25, 0.3) is 0 Å². The Kier molecular flexibility index (Phi) is 2.49. The minimum atomic E-state index is 0.693. The van der Waals surface area contributed by atoms with Crippen molar-refractivity contribution in [2.24, 2.45) is 0 Å². The van der Waals surface area contributed by atoms with Crippen molar-refractivity contribution < 1.29 is 5.21 Å². The molecule has 1 aliphatic heterocycles. The quantitative estimate of drug-likeness (QED) is 0.653. The maximum atomic E-state index is 9.33. The number of hydrogen-bond acceptors (Lipinski definition) is 2. The van der Waals surface area contributed by atoms with E-state index < -0.39 is 0 Å². The summed E-state index contributed by atoms with van der Waals surface area (Å²) in [6, 6.07) is 0. The summed E-state index contributed by atoms with van der Waals surface area (Å²) in [5, 5.41) is 10.6. The first-order chi connectivity index (χ1) is 5.29. The fourth-order valence-corrected chi connectivity index (χ4v) is 1.28. The summed E-state index contributed by atoms with van der Waals surface area (Å²) in [6.07, 6.45) is 5.41. The van der Waals surface area contributed by atoms with Gasteiger partial charge in [-0.2, -0.15) is 0 Å². The van der Waals surface area contributed by atoms with Crippen LogP contribution < -0.4 is 0 Å². The number of rotatable bonds is 2. The van der Waals surface area contributed by atoms with E-state index >= 15 is 0 Å². The summed E-state index contributed by atoms with van der Waals surface area (Å²) < 4.78 is 0. The lowest BCUT2D eigenvalue weighted by Gasteiger charge is -2.25. The minimum Gasteiger partial charge on any atom is -0.288 e. The second-order valence-corrected chi connectivity index (χ2v) is 2.55. The van der Waals surface area contributed by atoms with Gasteiger partial charge in [-0.1, -0.05) is 19.2 Å². The first-order valence-electron chi connectivity index (χ1n) is 3.74. The molecule has 0 saturated carbocycles. The van der Waals surface area contributed by atoms with E-state index in [-0.39, 0.29) is 0 Å². The molecule has 2 heteroatoms. The van der Waals surface area contributed by atoms with Crippen molar-refractivity contribution in [1.29, 1.82) is 0 Å². The Morgan fingerprint density at radius 1 is 1.36 bits per heavy atom. The van der Waals surface area contributed by atoms with Gasteiger partial charge in [0.25, 0.3) is 0 Å². The van der Waals surface area contributed by atoms with Gasteiger partial charge >= 0.3 is 0 Å². The standard InChI is InChI=1S/C9H13NO/c1-3-8-6-5-7-10(11)9(8)4-2/h3-4,11H,1-2,5-7H2. The van der Waals surface area contributed by atoms with E-state index in [1.807, 2.05) is 0 Å². The molecule has 0 spiro atoms. The van der Waals surface area contributed by atoms with Gasteiger partial charge in [0.15, 0.2) is 0 Å². The van der Waals surface area contributed by atoms with Gasteiger partial charge in [-0.05, 0) is 24.5 Å². The van der Waals surface area contributed by atoms with Crippen LogP contribution in [-0.2, 0) is 0 Å². The zero-order valence-corrected chi connectivity index (χ0v) is 6.58. The fourth-order valence-electron chi connectivity index (χ4n) is 1.28. The molecule has 0 fully saturated rings. The third-order valence-corrected chi connectivity index (χ3v) is 1.86. The molecule has 60 valence electrons. The third kappa shape index (κ3) is 1.52. The number of hydrogen-bond donors (Lipinski definition) is 1. The molecule has 0 radical (unpaired) electrons. The van der Waals surface area contributed by atoms with E-state index in [0.29, 0.717) is 6.54 Å². The van der Waals surface area contributed by atoms with Gasteiger partial charge in [-0.15, -0.1) is 0 Å². The molecule has 1 N–H and O–H groups in total. The van der Waals surface area contributed by atoms with E-state index in [1.54, 1.807) is 12.2 Å². The van der Waals surface area contributed by atoms with Crippen LogP contribution >= 0.6 is 0 Å². The van der Waals surface area contributed by atoms with Crippen molar-refractivity contribution in [2.75, 3.05) is 6.54 Å². The summed E-state index contributed by atoms with van der Waals surface area (Å²) in [4.78, 5) is 0. The second-order valence-electron chi connectivity index (χ2n) is 2.55. The SMILES string of the molecule is C=CC1=C(C=C)N(O)CCC1. The van der Waals surface area contributed by atoms with E-state index in [4.69, 9.17) is 0 Å². The van der Waals surface area contributed by atoms with Crippen molar-refractivity contribution in [2.45, 2.75) is 12.8 Å². The smallest absolute Gasteiger partial charge is 0.0659 e. The van der Waals surface area contributed by atoms with Gasteiger partial charge < -0.3 is 0 Å². The molecule has 1 rings (SSSR count). The highest BCUT2D eigenvalue weighted by molar-refractivity contribution is 5.30. The number of nitrogens with zero attached hydrogens (tertiary/aromatic N) is 1. The average molecular weight is 151 g/mol. The molecule has 0 bridgehead atoms. The average Bonchev–Trinajstić information content (AvgIpc) is 2.04. The lowest BCUT2D eigenvalue weighted by Crippen LogP contribution is -2.23. The van der Waals surface area contributed by atoms with Crippen LogP contribution in [0.15, 0.2) is 36.6 Å². The van der Waals surface area contributed by atoms with Crippen molar-refractivity contribution in [3.05, 3.63) is 36.6 Å². The van der Waals surface area contributed by atoms with Gasteiger partial charge in [0.05, 0.1) is 5.70 Å². The lowest BCUT2D eigenvalue weighted by atomic mass is 10.0. The first kappa shape index (κ1) is 8.08. The summed E-state index contributed by atoms with van der Waals surface area (Å²) in [7, 11) is 0. The zero-order valence-electron chi connectivity index (χ0n) is 6.58. The van der Waals surface area contributed by atoms with E-state index in [2.05, 4.69) is 13.2 Å². The maximum Gasteiger partial charge on any atom is 0.0659 e. The molecule has 2 nitrogen and oxygen atoms in total. The van der Waals surface area contributed by atoms with Crippen molar-refractivity contribution >= 4 is 0 Å². The van der Waals surface area contributed by atoms with Gasteiger partial charge in [-0.25, -0.2) is 0 Å². The van der Waals surface area contributed by atoms with Crippen LogP contribution in [0.1, 0.15) is 12.8 Å². The Morgan fingerprint density at radius 3 is 2.55 bits per heavy atom. The summed E-state index contributed by atoms with van der Waals surface area (Å²) in [5.74, 6) is 0. The molecular weight excluding hydrogens is 138 g/mol. The molecule has 0 saturated heterocycles.